The van der Waals surface area contributed by atoms with E-state index in [1.807, 2.05) is 0 Å². The van der Waals surface area contributed by atoms with Gasteiger partial charge in [0.2, 0.25) is 5.91 Å². The average molecular weight is 353 g/mol. The molecule has 0 saturated carbocycles. The Hall–Kier alpha value is -2.08. The molecule has 4 nitrogen and oxygen atoms in total. The van der Waals surface area contributed by atoms with Crippen molar-refractivity contribution in [2.75, 3.05) is 12.4 Å². The number of methoxy groups -OCH3 is 1. The number of ether oxygens (including phenoxy) is 1. The summed E-state index contributed by atoms with van der Waals surface area (Å²) in [6, 6.07) is 10.4. The number of nitrogens with two attached hydrogens (primary N) is 1. The minimum Gasteiger partial charge on any atom is -0.497 e. The molecule has 21 heavy (non-hydrogen) atoms. The first kappa shape index (κ1) is 15.3. The van der Waals surface area contributed by atoms with E-state index in [9.17, 15) is 9.18 Å². The SMILES string of the molecule is COc1cccc(NC(C(N)=O)c2ccc(F)cc2Br)c1. The average Bonchev–Trinajstić information content (AvgIpc) is 2.45. The number of benzene rings is 2. The fraction of sp³-hybridized carbons (Fsp3) is 0.133. The molecule has 2 aromatic rings. The Kier molecular flexibility index (Phi) is 4.80. The molecule has 110 valence electrons. The number of rotatable bonds is 5. The van der Waals surface area contributed by atoms with Gasteiger partial charge in [0.05, 0.1) is 7.11 Å². The molecule has 1 atom stereocenters. The zero-order valence-electron chi connectivity index (χ0n) is 11.3. The highest BCUT2D eigenvalue weighted by atomic mass is 79.9. The van der Waals surface area contributed by atoms with E-state index < -0.39 is 17.8 Å². The first-order valence-electron chi connectivity index (χ1n) is 6.16. The van der Waals surface area contributed by atoms with Gasteiger partial charge in [-0.25, -0.2) is 4.39 Å². The third-order valence-corrected chi connectivity index (χ3v) is 3.63. The quantitative estimate of drug-likeness (QED) is 0.868. The van der Waals surface area contributed by atoms with E-state index in [0.29, 0.717) is 21.5 Å². The smallest absolute Gasteiger partial charge is 0.244 e. The first-order valence-corrected chi connectivity index (χ1v) is 6.95. The van der Waals surface area contributed by atoms with Crippen LogP contribution in [0.1, 0.15) is 11.6 Å². The third-order valence-electron chi connectivity index (χ3n) is 2.94. The van der Waals surface area contributed by atoms with Crippen molar-refractivity contribution in [2.45, 2.75) is 6.04 Å². The number of carbonyl (C=O) groups excluding carboxylic acids is 1. The van der Waals surface area contributed by atoms with Crippen molar-refractivity contribution in [3.63, 3.8) is 0 Å². The molecule has 6 heteroatoms. The van der Waals surface area contributed by atoms with Crippen LogP contribution in [0.3, 0.4) is 0 Å². The highest BCUT2D eigenvalue weighted by Crippen LogP contribution is 2.28. The van der Waals surface area contributed by atoms with E-state index in [1.54, 1.807) is 31.4 Å². The molecule has 0 aliphatic heterocycles. The van der Waals surface area contributed by atoms with Gasteiger partial charge in [-0.3, -0.25) is 4.79 Å². The standard InChI is InChI=1S/C15H14BrFN2O2/c1-21-11-4-2-3-10(8-11)19-14(15(18)20)12-6-5-9(17)7-13(12)16/h2-8,14,19H,1H3,(H2,18,20). The molecule has 0 bridgehead atoms. The Morgan fingerprint density at radius 3 is 2.71 bits per heavy atom. The Balaban J connectivity index is 2.33. The zero-order valence-corrected chi connectivity index (χ0v) is 12.9. The monoisotopic (exact) mass is 352 g/mol. The summed E-state index contributed by atoms with van der Waals surface area (Å²) in [5.41, 5.74) is 6.68. The summed E-state index contributed by atoms with van der Waals surface area (Å²) in [5, 5.41) is 3.02. The summed E-state index contributed by atoms with van der Waals surface area (Å²) in [4.78, 5) is 11.7. The van der Waals surface area contributed by atoms with Crippen LogP contribution in [0.2, 0.25) is 0 Å². The van der Waals surface area contributed by atoms with Crippen LogP contribution in [-0.4, -0.2) is 13.0 Å². The van der Waals surface area contributed by atoms with Crippen LogP contribution in [0.25, 0.3) is 0 Å². The summed E-state index contributed by atoms with van der Waals surface area (Å²) >= 11 is 3.25. The van der Waals surface area contributed by atoms with Crippen molar-refractivity contribution in [2.24, 2.45) is 5.73 Å². The maximum absolute atomic E-state index is 13.2. The highest BCUT2D eigenvalue weighted by Gasteiger charge is 2.20. The highest BCUT2D eigenvalue weighted by molar-refractivity contribution is 9.10. The van der Waals surface area contributed by atoms with Gasteiger partial charge in [0.25, 0.3) is 0 Å². The lowest BCUT2D eigenvalue weighted by molar-refractivity contribution is -0.118. The number of carbonyl (C=O) groups is 1. The molecule has 0 radical (unpaired) electrons. The number of hydrogen-bond donors (Lipinski definition) is 2. The summed E-state index contributed by atoms with van der Waals surface area (Å²) < 4.78 is 18.8. The Morgan fingerprint density at radius 2 is 2.10 bits per heavy atom. The molecule has 0 aliphatic rings. The zero-order chi connectivity index (χ0) is 15.4. The predicted molar refractivity (Wildman–Crippen MR) is 82.7 cm³/mol. The maximum Gasteiger partial charge on any atom is 0.244 e. The van der Waals surface area contributed by atoms with Gasteiger partial charge >= 0.3 is 0 Å². The van der Waals surface area contributed by atoms with E-state index in [2.05, 4.69) is 21.2 Å². The fourth-order valence-corrected chi connectivity index (χ4v) is 2.50. The van der Waals surface area contributed by atoms with Crippen molar-refractivity contribution in [1.29, 1.82) is 0 Å². The number of anilines is 1. The predicted octanol–water partition coefficient (Wildman–Crippen LogP) is 3.24. The molecule has 1 unspecified atom stereocenters. The molecule has 3 N–H and O–H groups in total. The molecule has 1 amide bonds. The fourth-order valence-electron chi connectivity index (χ4n) is 1.92. The number of primary amides is 1. The van der Waals surface area contributed by atoms with Gasteiger partial charge in [-0.1, -0.05) is 28.1 Å². The summed E-state index contributed by atoms with van der Waals surface area (Å²) in [6.45, 7) is 0. The maximum atomic E-state index is 13.2. The molecule has 0 aliphatic carbocycles. The van der Waals surface area contributed by atoms with Crippen LogP contribution in [0, 0.1) is 5.82 Å². The van der Waals surface area contributed by atoms with Gasteiger partial charge in [0.15, 0.2) is 0 Å². The van der Waals surface area contributed by atoms with Crippen LogP contribution in [0.5, 0.6) is 5.75 Å². The Morgan fingerprint density at radius 1 is 1.33 bits per heavy atom. The van der Waals surface area contributed by atoms with Crippen LogP contribution in [0.15, 0.2) is 46.9 Å². The first-order chi connectivity index (χ1) is 10.0. The lowest BCUT2D eigenvalue weighted by Crippen LogP contribution is -2.28. The van der Waals surface area contributed by atoms with E-state index in [-0.39, 0.29) is 0 Å². The van der Waals surface area contributed by atoms with Crippen molar-refractivity contribution >= 4 is 27.5 Å². The molecular formula is C15H14BrFN2O2. The van der Waals surface area contributed by atoms with Crippen LogP contribution >= 0.6 is 15.9 Å². The molecule has 0 heterocycles. The Labute approximate surface area is 130 Å². The van der Waals surface area contributed by atoms with E-state index in [0.717, 1.165) is 0 Å². The summed E-state index contributed by atoms with van der Waals surface area (Å²) in [7, 11) is 1.56. The van der Waals surface area contributed by atoms with Gasteiger partial charge in [-0.2, -0.15) is 0 Å². The summed E-state index contributed by atoms with van der Waals surface area (Å²) in [5.74, 6) is -0.304. The topological polar surface area (TPSA) is 64.3 Å². The van der Waals surface area contributed by atoms with Crippen LogP contribution in [0.4, 0.5) is 10.1 Å². The van der Waals surface area contributed by atoms with Gasteiger partial charge in [-0.15, -0.1) is 0 Å². The lowest BCUT2D eigenvalue weighted by Gasteiger charge is -2.19. The minimum atomic E-state index is -0.785. The molecule has 0 fully saturated rings. The second-order valence-electron chi connectivity index (χ2n) is 4.38. The van der Waals surface area contributed by atoms with Gasteiger partial charge in [-0.05, 0) is 29.8 Å². The molecule has 2 aromatic carbocycles. The minimum absolute atomic E-state index is 0.393. The van der Waals surface area contributed by atoms with Gasteiger partial charge < -0.3 is 15.8 Å². The number of hydrogen-bond acceptors (Lipinski definition) is 3. The van der Waals surface area contributed by atoms with E-state index in [4.69, 9.17) is 10.5 Å². The summed E-state index contributed by atoms with van der Waals surface area (Å²) in [6.07, 6.45) is 0. The van der Waals surface area contributed by atoms with Crippen molar-refractivity contribution < 1.29 is 13.9 Å². The second kappa shape index (κ2) is 6.58. The largest absolute Gasteiger partial charge is 0.497 e. The molecule has 2 rings (SSSR count). The van der Waals surface area contributed by atoms with Gasteiger partial charge in [0.1, 0.15) is 17.6 Å². The Bertz CT molecular complexity index is 664. The second-order valence-corrected chi connectivity index (χ2v) is 5.23. The lowest BCUT2D eigenvalue weighted by atomic mass is 10.1. The van der Waals surface area contributed by atoms with Crippen LogP contribution < -0.4 is 15.8 Å². The number of amides is 1. The number of nitrogens with one attached hydrogen (secondary N) is 1. The van der Waals surface area contributed by atoms with Gasteiger partial charge in [0, 0.05) is 16.2 Å². The van der Waals surface area contributed by atoms with E-state index >= 15 is 0 Å². The molecule has 0 aromatic heterocycles. The van der Waals surface area contributed by atoms with Crippen molar-refractivity contribution in [1.82, 2.24) is 0 Å². The molecule has 0 saturated heterocycles. The van der Waals surface area contributed by atoms with Crippen molar-refractivity contribution in [3.8, 4) is 5.75 Å². The third kappa shape index (κ3) is 3.72. The number of halogens is 2. The molecule has 0 spiro atoms. The normalized spacial score (nSPS) is 11.8. The molecular weight excluding hydrogens is 339 g/mol. The van der Waals surface area contributed by atoms with E-state index in [1.165, 1.54) is 18.2 Å². The van der Waals surface area contributed by atoms with Crippen molar-refractivity contribution in [3.05, 3.63) is 58.3 Å². The van der Waals surface area contributed by atoms with Crippen LogP contribution in [-0.2, 0) is 4.79 Å².